The van der Waals surface area contributed by atoms with Gasteiger partial charge in [-0.25, -0.2) is 9.97 Å². The maximum atomic E-state index is 11.7. The highest BCUT2D eigenvalue weighted by Crippen LogP contribution is 2.38. The molecule has 9 nitrogen and oxygen atoms in total. The van der Waals surface area contributed by atoms with Gasteiger partial charge < -0.3 is 21.1 Å². The average molecular weight is 484 g/mol. The van der Waals surface area contributed by atoms with Crippen LogP contribution in [0.4, 0.5) is 17.6 Å². The molecule has 1 aliphatic carbocycles. The van der Waals surface area contributed by atoms with Crippen molar-refractivity contribution in [3.63, 3.8) is 0 Å². The number of para-hydroxylation sites is 1. The number of ether oxygens (including phenoxy) is 1. The van der Waals surface area contributed by atoms with E-state index in [2.05, 4.69) is 20.2 Å². The summed E-state index contributed by atoms with van der Waals surface area (Å²) in [6, 6.07) is 6.22. The van der Waals surface area contributed by atoms with Crippen LogP contribution in [0.15, 0.2) is 24.4 Å². The normalized spacial score (nSPS) is 21.5. The number of hydrogen-bond donors (Lipinski definition) is 3. The molecule has 2 aromatic heterocycles. The summed E-state index contributed by atoms with van der Waals surface area (Å²) in [5.74, 6) is 0.968. The molecule has 0 bridgehead atoms. The molecule has 0 spiro atoms. The van der Waals surface area contributed by atoms with E-state index in [1.165, 1.54) is 0 Å². The van der Waals surface area contributed by atoms with Gasteiger partial charge in [0.2, 0.25) is 17.8 Å². The molecule has 0 radical (unpaired) electrons. The topological polar surface area (TPSA) is 120 Å². The Hall–Kier alpha value is -2.91. The lowest BCUT2D eigenvalue weighted by Gasteiger charge is -2.29. The van der Waals surface area contributed by atoms with Crippen LogP contribution in [0.25, 0.3) is 11.2 Å². The minimum atomic E-state index is -0.218. The molecule has 4 N–H and O–H groups in total. The van der Waals surface area contributed by atoms with Crippen molar-refractivity contribution in [1.29, 1.82) is 0 Å². The lowest BCUT2D eigenvalue weighted by atomic mass is 9.85. The molecule has 1 amide bonds. The van der Waals surface area contributed by atoms with E-state index in [1.54, 1.807) is 6.20 Å². The third kappa shape index (κ3) is 4.67. The molecule has 34 heavy (non-hydrogen) atoms. The summed E-state index contributed by atoms with van der Waals surface area (Å²) in [4.78, 5) is 26.0. The SMILES string of the molecule is Cc1cccc(Cl)c1Nc1nc2cnc(NC3CCOCC3)nc2n1[C@H]1CC[C@@H](C(N)=O)CC1. The van der Waals surface area contributed by atoms with Gasteiger partial charge in [0.05, 0.1) is 16.9 Å². The molecule has 2 fully saturated rings. The highest BCUT2D eigenvalue weighted by Gasteiger charge is 2.29. The number of aryl methyl sites for hydroxylation is 1. The van der Waals surface area contributed by atoms with Gasteiger partial charge in [0, 0.05) is 31.2 Å². The molecule has 3 heterocycles. The molecule has 180 valence electrons. The summed E-state index contributed by atoms with van der Waals surface area (Å²) >= 11 is 6.50. The van der Waals surface area contributed by atoms with Crippen LogP contribution in [0.5, 0.6) is 0 Å². The van der Waals surface area contributed by atoms with E-state index in [0.29, 0.717) is 22.4 Å². The van der Waals surface area contributed by atoms with E-state index in [4.69, 9.17) is 32.0 Å². The number of primary amides is 1. The minimum absolute atomic E-state index is 0.0753. The van der Waals surface area contributed by atoms with Gasteiger partial charge in [-0.2, -0.15) is 4.98 Å². The van der Waals surface area contributed by atoms with Gasteiger partial charge in [0.1, 0.15) is 5.52 Å². The molecule has 5 rings (SSSR count). The molecule has 10 heteroatoms. The smallest absolute Gasteiger partial charge is 0.224 e. The Labute approximate surface area is 203 Å². The van der Waals surface area contributed by atoms with Crippen LogP contribution < -0.4 is 16.4 Å². The second-order valence-corrected chi connectivity index (χ2v) is 9.61. The quantitative estimate of drug-likeness (QED) is 0.477. The Kier molecular flexibility index (Phi) is 6.56. The largest absolute Gasteiger partial charge is 0.381 e. The zero-order chi connectivity index (χ0) is 23.7. The third-order valence-electron chi connectivity index (χ3n) is 6.91. The zero-order valence-electron chi connectivity index (χ0n) is 19.3. The van der Waals surface area contributed by atoms with Gasteiger partial charge >= 0.3 is 0 Å². The van der Waals surface area contributed by atoms with Crippen molar-refractivity contribution >= 4 is 46.3 Å². The van der Waals surface area contributed by atoms with Crippen molar-refractivity contribution in [2.45, 2.75) is 57.5 Å². The molecule has 1 aromatic carbocycles. The second-order valence-electron chi connectivity index (χ2n) is 9.20. The maximum Gasteiger partial charge on any atom is 0.224 e. The summed E-state index contributed by atoms with van der Waals surface area (Å²) in [5.41, 5.74) is 8.89. The number of nitrogens with two attached hydrogens (primary N) is 1. The number of amides is 1. The van der Waals surface area contributed by atoms with Crippen molar-refractivity contribution in [3.8, 4) is 0 Å². The van der Waals surface area contributed by atoms with Gasteiger partial charge in [-0.05, 0) is 57.1 Å². The number of benzene rings is 1. The van der Waals surface area contributed by atoms with Crippen LogP contribution >= 0.6 is 11.6 Å². The van der Waals surface area contributed by atoms with Gasteiger partial charge in [0.25, 0.3) is 0 Å². The first kappa shape index (κ1) is 22.9. The monoisotopic (exact) mass is 483 g/mol. The predicted molar refractivity (Wildman–Crippen MR) is 132 cm³/mol. The average Bonchev–Trinajstić information content (AvgIpc) is 3.19. The standard InChI is InChI=1S/C24H30ClN7O2/c1-14-3-2-4-18(25)20(14)30-24-29-19-13-27-23(28-16-9-11-34-12-10-16)31-22(19)32(24)17-7-5-15(6-8-17)21(26)33/h2-4,13,15-17H,5-12H2,1H3,(H2,26,33)(H,29,30)(H,27,28,31)/t15-,17+. The molecule has 0 unspecified atom stereocenters. The number of nitrogens with zero attached hydrogens (tertiary/aromatic N) is 4. The number of carbonyl (C=O) groups is 1. The third-order valence-corrected chi connectivity index (χ3v) is 7.23. The van der Waals surface area contributed by atoms with Crippen molar-refractivity contribution in [1.82, 2.24) is 19.5 Å². The summed E-state index contributed by atoms with van der Waals surface area (Å²) < 4.78 is 7.61. The number of aromatic nitrogens is 4. The van der Waals surface area contributed by atoms with E-state index in [9.17, 15) is 4.79 Å². The van der Waals surface area contributed by atoms with Crippen molar-refractivity contribution in [2.24, 2.45) is 11.7 Å². The second kappa shape index (κ2) is 9.76. The van der Waals surface area contributed by atoms with Crippen LogP contribution in [0.3, 0.4) is 0 Å². The fraction of sp³-hybridized carbons (Fsp3) is 0.500. The zero-order valence-corrected chi connectivity index (χ0v) is 20.0. The van der Waals surface area contributed by atoms with Crippen LogP contribution in [-0.4, -0.2) is 44.7 Å². The summed E-state index contributed by atoms with van der Waals surface area (Å²) in [7, 11) is 0. The molecule has 3 aromatic rings. The van der Waals surface area contributed by atoms with Crippen LogP contribution in [-0.2, 0) is 9.53 Å². The Morgan fingerprint density at radius 2 is 1.91 bits per heavy atom. The Bertz CT molecular complexity index is 1160. The van der Waals surface area contributed by atoms with E-state index < -0.39 is 0 Å². The lowest BCUT2D eigenvalue weighted by Crippen LogP contribution is -2.29. The Morgan fingerprint density at radius 3 is 2.62 bits per heavy atom. The van der Waals surface area contributed by atoms with E-state index in [-0.39, 0.29) is 23.9 Å². The minimum Gasteiger partial charge on any atom is -0.381 e. The number of imidazole rings is 1. The number of hydrogen-bond acceptors (Lipinski definition) is 7. The van der Waals surface area contributed by atoms with Crippen LogP contribution in [0, 0.1) is 12.8 Å². The molecule has 1 aliphatic heterocycles. The highest BCUT2D eigenvalue weighted by molar-refractivity contribution is 6.33. The fourth-order valence-electron chi connectivity index (χ4n) is 4.94. The van der Waals surface area contributed by atoms with Gasteiger partial charge in [0.15, 0.2) is 5.65 Å². The van der Waals surface area contributed by atoms with E-state index in [0.717, 1.165) is 68.6 Å². The van der Waals surface area contributed by atoms with Crippen LogP contribution in [0.2, 0.25) is 5.02 Å². The first-order valence-corrected chi connectivity index (χ1v) is 12.3. The van der Waals surface area contributed by atoms with Gasteiger partial charge in [-0.15, -0.1) is 0 Å². The number of anilines is 3. The first-order chi connectivity index (χ1) is 16.5. The summed E-state index contributed by atoms with van der Waals surface area (Å²) in [6.45, 7) is 3.49. The molecular weight excluding hydrogens is 454 g/mol. The molecular formula is C24H30ClN7O2. The summed E-state index contributed by atoms with van der Waals surface area (Å²) in [5, 5.41) is 7.54. The van der Waals surface area contributed by atoms with Gasteiger partial charge in [-0.3, -0.25) is 9.36 Å². The number of halogens is 1. The molecule has 1 saturated carbocycles. The predicted octanol–water partition coefficient (Wildman–Crippen LogP) is 4.34. The number of rotatable bonds is 6. The number of carbonyl (C=O) groups excluding carboxylic acids is 1. The lowest BCUT2D eigenvalue weighted by molar-refractivity contribution is -0.122. The van der Waals surface area contributed by atoms with Crippen molar-refractivity contribution in [2.75, 3.05) is 23.8 Å². The van der Waals surface area contributed by atoms with Crippen molar-refractivity contribution in [3.05, 3.63) is 35.0 Å². The fourth-order valence-corrected chi connectivity index (χ4v) is 5.21. The molecule has 2 aliphatic rings. The molecule has 1 saturated heterocycles. The van der Waals surface area contributed by atoms with Crippen molar-refractivity contribution < 1.29 is 9.53 Å². The maximum absolute atomic E-state index is 11.7. The Balaban J connectivity index is 1.52. The van der Waals surface area contributed by atoms with Crippen LogP contribution in [0.1, 0.15) is 50.1 Å². The highest BCUT2D eigenvalue weighted by atomic mass is 35.5. The summed E-state index contributed by atoms with van der Waals surface area (Å²) in [6.07, 6.45) is 6.77. The number of nitrogens with one attached hydrogen (secondary N) is 2. The van der Waals surface area contributed by atoms with Gasteiger partial charge in [-0.1, -0.05) is 23.7 Å². The first-order valence-electron chi connectivity index (χ1n) is 11.9. The molecule has 0 atom stereocenters. The Morgan fingerprint density at radius 1 is 1.15 bits per heavy atom. The van der Waals surface area contributed by atoms with E-state index >= 15 is 0 Å². The van der Waals surface area contributed by atoms with E-state index in [1.807, 2.05) is 25.1 Å². The number of fused-ring (bicyclic) bond motifs is 1.